The zero-order valence-corrected chi connectivity index (χ0v) is 14.1. The molecule has 2 rings (SSSR count). The molecule has 1 aliphatic heterocycles. The highest BCUT2D eigenvalue weighted by Gasteiger charge is 2.16. The number of carbonyl (C=O) groups excluding carboxylic acids is 1. The fraction of sp³-hybridized carbons (Fsp3) is 0.632. The molecule has 1 aromatic carbocycles. The molecule has 1 fully saturated rings. The zero-order chi connectivity index (χ0) is 15.8. The summed E-state index contributed by atoms with van der Waals surface area (Å²) in [5.41, 5.74) is 2.07. The summed E-state index contributed by atoms with van der Waals surface area (Å²) in [7, 11) is 0. The summed E-state index contributed by atoms with van der Waals surface area (Å²) in [6, 6.07) is 8.11. The molecule has 1 unspecified atom stereocenters. The molecule has 0 saturated carbocycles. The number of rotatable bonds is 7. The lowest BCUT2D eigenvalue weighted by molar-refractivity contribution is 0.0953. The van der Waals surface area contributed by atoms with Crippen LogP contribution in [-0.2, 0) is 6.54 Å². The summed E-state index contributed by atoms with van der Waals surface area (Å²) in [6.45, 7) is 8.67. The highest BCUT2D eigenvalue weighted by Crippen LogP contribution is 2.18. The lowest BCUT2D eigenvalue weighted by Gasteiger charge is -2.30. The Balaban J connectivity index is 1.80. The van der Waals surface area contributed by atoms with Gasteiger partial charge in [-0.05, 0) is 49.4 Å². The van der Waals surface area contributed by atoms with E-state index in [4.69, 9.17) is 0 Å². The Bertz CT molecular complexity index is 455. The van der Waals surface area contributed by atoms with Crippen LogP contribution in [0.5, 0.6) is 0 Å². The van der Waals surface area contributed by atoms with E-state index in [1.165, 1.54) is 44.3 Å². The minimum atomic E-state index is 0.0502. The second kappa shape index (κ2) is 8.94. The molecule has 3 heteroatoms. The molecular formula is C19H30N2O. The van der Waals surface area contributed by atoms with E-state index < -0.39 is 0 Å². The fourth-order valence-corrected chi connectivity index (χ4v) is 3.13. The number of hydrogen-bond donors (Lipinski definition) is 1. The Kier molecular flexibility index (Phi) is 6.91. The number of piperidine rings is 1. The van der Waals surface area contributed by atoms with Crippen LogP contribution in [0.2, 0.25) is 0 Å². The lowest BCUT2D eigenvalue weighted by atomic mass is 9.99. The van der Waals surface area contributed by atoms with Crippen LogP contribution in [0.1, 0.15) is 61.9 Å². The SMILES string of the molecule is CCCCCNC(=O)c1ccc(CN2CCCC(C)C2)cc1. The molecule has 1 aromatic rings. The lowest BCUT2D eigenvalue weighted by Crippen LogP contribution is -2.33. The predicted octanol–water partition coefficient (Wildman–Crippen LogP) is 3.84. The minimum Gasteiger partial charge on any atom is -0.352 e. The summed E-state index contributed by atoms with van der Waals surface area (Å²) in [5.74, 6) is 0.858. The number of likely N-dealkylation sites (tertiary alicyclic amines) is 1. The number of carbonyl (C=O) groups is 1. The van der Waals surface area contributed by atoms with Crippen LogP contribution in [0, 0.1) is 5.92 Å². The number of nitrogens with one attached hydrogen (secondary N) is 1. The maximum Gasteiger partial charge on any atom is 0.251 e. The Morgan fingerprint density at radius 1 is 1.27 bits per heavy atom. The van der Waals surface area contributed by atoms with Gasteiger partial charge in [0.1, 0.15) is 0 Å². The van der Waals surface area contributed by atoms with E-state index in [9.17, 15) is 4.79 Å². The third-order valence-corrected chi connectivity index (χ3v) is 4.43. The van der Waals surface area contributed by atoms with Crippen LogP contribution < -0.4 is 5.32 Å². The molecule has 22 heavy (non-hydrogen) atoms. The van der Waals surface area contributed by atoms with Gasteiger partial charge < -0.3 is 5.32 Å². The standard InChI is InChI=1S/C19H30N2O/c1-3-4-5-12-20-19(22)18-10-8-17(9-11-18)15-21-13-6-7-16(2)14-21/h8-11,16H,3-7,12-15H2,1-2H3,(H,20,22). The predicted molar refractivity (Wildman–Crippen MR) is 92.0 cm³/mol. The van der Waals surface area contributed by atoms with Gasteiger partial charge in [0.2, 0.25) is 0 Å². The van der Waals surface area contributed by atoms with Crippen molar-refractivity contribution in [1.82, 2.24) is 10.2 Å². The molecule has 0 radical (unpaired) electrons. The van der Waals surface area contributed by atoms with Crippen molar-refractivity contribution in [2.24, 2.45) is 5.92 Å². The van der Waals surface area contributed by atoms with Crippen LogP contribution in [-0.4, -0.2) is 30.4 Å². The Morgan fingerprint density at radius 3 is 2.73 bits per heavy atom. The van der Waals surface area contributed by atoms with Crippen molar-refractivity contribution in [2.75, 3.05) is 19.6 Å². The van der Waals surface area contributed by atoms with Gasteiger partial charge in [-0.3, -0.25) is 9.69 Å². The fourth-order valence-electron chi connectivity index (χ4n) is 3.13. The van der Waals surface area contributed by atoms with Gasteiger partial charge >= 0.3 is 0 Å². The van der Waals surface area contributed by atoms with Crippen molar-refractivity contribution < 1.29 is 4.79 Å². The maximum atomic E-state index is 12.0. The summed E-state index contributed by atoms with van der Waals surface area (Å²) in [4.78, 5) is 14.6. The summed E-state index contributed by atoms with van der Waals surface area (Å²) in [6.07, 6.45) is 6.08. The van der Waals surface area contributed by atoms with Crippen LogP contribution in [0.4, 0.5) is 0 Å². The van der Waals surface area contributed by atoms with E-state index in [0.29, 0.717) is 0 Å². The van der Waals surface area contributed by atoms with E-state index in [2.05, 4.69) is 36.2 Å². The van der Waals surface area contributed by atoms with Crippen molar-refractivity contribution in [3.63, 3.8) is 0 Å². The maximum absolute atomic E-state index is 12.0. The monoisotopic (exact) mass is 302 g/mol. The Morgan fingerprint density at radius 2 is 2.05 bits per heavy atom. The molecule has 1 atom stereocenters. The van der Waals surface area contributed by atoms with E-state index in [1.54, 1.807) is 0 Å². The molecule has 0 aromatic heterocycles. The first-order valence-electron chi connectivity index (χ1n) is 8.78. The first-order valence-corrected chi connectivity index (χ1v) is 8.78. The summed E-state index contributed by atoms with van der Waals surface area (Å²) in [5, 5.41) is 2.99. The second-order valence-electron chi connectivity index (χ2n) is 6.64. The van der Waals surface area contributed by atoms with Gasteiger partial charge in [-0.25, -0.2) is 0 Å². The van der Waals surface area contributed by atoms with Crippen molar-refractivity contribution in [1.29, 1.82) is 0 Å². The topological polar surface area (TPSA) is 32.3 Å². The molecule has 1 amide bonds. The second-order valence-corrected chi connectivity index (χ2v) is 6.64. The number of nitrogens with zero attached hydrogens (tertiary/aromatic N) is 1. The van der Waals surface area contributed by atoms with Gasteiger partial charge in [0, 0.05) is 25.2 Å². The van der Waals surface area contributed by atoms with E-state index in [0.717, 1.165) is 31.0 Å². The largest absolute Gasteiger partial charge is 0.352 e. The number of hydrogen-bond acceptors (Lipinski definition) is 2. The Labute approximate surface area is 135 Å². The molecule has 122 valence electrons. The van der Waals surface area contributed by atoms with Crippen LogP contribution in [0.15, 0.2) is 24.3 Å². The van der Waals surface area contributed by atoms with Crippen molar-refractivity contribution in [2.45, 2.75) is 52.5 Å². The van der Waals surface area contributed by atoms with Gasteiger partial charge in [0.25, 0.3) is 5.91 Å². The average Bonchev–Trinajstić information content (AvgIpc) is 2.52. The average molecular weight is 302 g/mol. The minimum absolute atomic E-state index is 0.0502. The van der Waals surface area contributed by atoms with Crippen molar-refractivity contribution in [3.05, 3.63) is 35.4 Å². The van der Waals surface area contributed by atoms with Crippen molar-refractivity contribution in [3.8, 4) is 0 Å². The molecule has 0 aliphatic carbocycles. The third kappa shape index (κ3) is 5.45. The smallest absolute Gasteiger partial charge is 0.251 e. The molecule has 0 spiro atoms. The van der Waals surface area contributed by atoms with E-state index in [-0.39, 0.29) is 5.91 Å². The van der Waals surface area contributed by atoms with Crippen LogP contribution in [0.25, 0.3) is 0 Å². The van der Waals surface area contributed by atoms with Crippen LogP contribution >= 0.6 is 0 Å². The molecular weight excluding hydrogens is 272 g/mol. The summed E-state index contributed by atoms with van der Waals surface area (Å²) < 4.78 is 0. The van der Waals surface area contributed by atoms with Gasteiger partial charge in [-0.15, -0.1) is 0 Å². The molecule has 0 bridgehead atoms. The number of amides is 1. The Hall–Kier alpha value is -1.35. The number of unbranched alkanes of at least 4 members (excludes halogenated alkanes) is 2. The quantitative estimate of drug-likeness (QED) is 0.776. The van der Waals surface area contributed by atoms with Crippen LogP contribution in [0.3, 0.4) is 0 Å². The molecule has 3 nitrogen and oxygen atoms in total. The first-order chi connectivity index (χ1) is 10.7. The normalized spacial score (nSPS) is 19.1. The number of benzene rings is 1. The highest BCUT2D eigenvalue weighted by atomic mass is 16.1. The molecule has 1 saturated heterocycles. The molecule has 1 aliphatic rings. The van der Waals surface area contributed by atoms with Gasteiger partial charge in [-0.2, -0.15) is 0 Å². The molecule has 1 N–H and O–H groups in total. The highest BCUT2D eigenvalue weighted by molar-refractivity contribution is 5.94. The molecule has 1 heterocycles. The zero-order valence-electron chi connectivity index (χ0n) is 14.1. The van der Waals surface area contributed by atoms with Gasteiger partial charge in [0.15, 0.2) is 0 Å². The van der Waals surface area contributed by atoms with Gasteiger partial charge in [-0.1, -0.05) is 38.8 Å². The van der Waals surface area contributed by atoms with Crippen molar-refractivity contribution >= 4 is 5.91 Å². The first kappa shape index (κ1) is 17.0. The van der Waals surface area contributed by atoms with E-state index in [1.807, 2.05) is 12.1 Å². The van der Waals surface area contributed by atoms with E-state index >= 15 is 0 Å². The van der Waals surface area contributed by atoms with Gasteiger partial charge in [0.05, 0.1) is 0 Å². The summed E-state index contributed by atoms with van der Waals surface area (Å²) >= 11 is 0. The third-order valence-electron chi connectivity index (χ3n) is 4.43.